The van der Waals surface area contributed by atoms with Crippen molar-refractivity contribution < 1.29 is 26.0 Å². The minimum Gasteiger partial charge on any atom is -0.325 e. The molecule has 10 heteroatoms. The highest BCUT2D eigenvalue weighted by atomic mass is 32.2. The van der Waals surface area contributed by atoms with Crippen molar-refractivity contribution in [3.63, 3.8) is 0 Å². The Labute approximate surface area is 157 Å². The smallest absolute Gasteiger partial charge is 0.242 e. The highest BCUT2D eigenvalue weighted by Gasteiger charge is 2.27. The largest absolute Gasteiger partial charge is 0.325 e. The third-order valence-corrected chi connectivity index (χ3v) is 6.00. The van der Waals surface area contributed by atoms with Gasteiger partial charge in [-0.25, -0.2) is 21.2 Å². The summed E-state index contributed by atoms with van der Waals surface area (Å²) >= 11 is 0. The summed E-state index contributed by atoms with van der Waals surface area (Å²) in [6, 6.07) is 11.1. The molecule has 1 amide bonds. The van der Waals surface area contributed by atoms with Crippen LogP contribution in [0.25, 0.3) is 0 Å². The number of hydrogen-bond acceptors (Lipinski definition) is 5. The summed E-state index contributed by atoms with van der Waals surface area (Å²) in [5.41, 5.74) is 0.128. The molecular weight excluding hydrogens is 395 g/mol. The number of amides is 1. The second-order valence-electron chi connectivity index (χ2n) is 5.91. The standard InChI is InChI=1S/C17H19FN2O5S2/c1-26(22,23)11-10-16(17(21)19-14-7-5-6-13(18)12-14)20-27(24,25)15-8-3-2-4-9-15/h2-9,12,16,20H,10-11H2,1H3,(H,19,21)/t16-/m1/s1. The maximum Gasteiger partial charge on any atom is 0.242 e. The van der Waals surface area contributed by atoms with Gasteiger partial charge in [0.2, 0.25) is 15.9 Å². The van der Waals surface area contributed by atoms with Crippen LogP contribution in [-0.4, -0.2) is 40.8 Å². The van der Waals surface area contributed by atoms with E-state index in [9.17, 15) is 26.0 Å². The fourth-order valence-corrected chi connectivity index (χ4v) is 4.14. The first-order valence-corrected chi connectivity index (χ1v) is 11.4. The van der Waals surface area contributed by atoms with E-state index in [-0.39, 0.29) is 17.0 Å². The molecule has 0 unspecified atom stereocenters. The van der Waals surface area contributed by atoms with Gasteiger partial charge in [-0.2, -0.15) is 4.72 Å². The lowest BCUT2D eigenvalue weighted by atomic mass is 10.2. The van der Waals surface area contributed by atoms with Crippen LogP contribution in [-0.2, 0) is 24.7 Å². The molecule has 0 aliphatic carbocycles. The molecule has 0 radical (unpaired) electrons. The SMILES string of the molecule is CS(=O)(=O)CC[C@@H](NS(=O)(=O)c1ccccc1)C(=O)Nc1cccc(F)c1. The number of carbonyl (C=O) groups is 1. The van der Waals surface area contributed by atoms with E-state index in [1.165, 1.54) is 42.5 Å². The Bertz CT molecular complexity index is 1010. The Hall–Kier alpha value is -2.30. The van der Waals surface area contributed by atoms with Crippen LogP contribution >= 0.6 is 0 Å². The first-order valence-electron chi connectivity index (χ1n) is 7.88. The summed E-state index contributed by atoms with van der Waals surface area (Å²) in [6.07, 6.45) is 0.715. The number of anilines is 1. The van der Waals surface area contributed by atoms with Crippen molar-refractivity contribution in [1.82, 2.24) is 4.72 Å². The van der Waals surface area contributed by atoms with E-state index >= 15 is 0 Å². The van der Waals surface area contributed by atoms with Gasteiger partial charge in [-0.05, 0) is 36.8 Å². The molecule has 2 aromatic rings. The van der Waals surface area contributed by atoms with Gasteiger partial charge in [-0.3, -0.25) is 4.79 Å². The summed E-state index contributed by atoms with van der Waals surface area (Å²) in [4.78, 5) is 12.4. The molecule has 1 atom stereocenters. The van der Waals surface area contributed by atoms with Crippen molar-refractivity contribution in [2.75, 3.05) is 17.3 Å². The minimum absolute atomic E-state index is 0.0621. The van der Waals surface area contributed by atoms with Crippen molar-refractivity contribution in [3.8, 4) is 0 Å². The zero-order valence-electron chi connectivity index (χ0n) is 14.4. The molecule has 0 saturated heterocycles. The van der Waals surface area contributed by atoms with Crippen LogP contribution in [0.3, 0.4) is 0 Å². The number of carbonyl (C=O) groups excluding carboxylic acids is 1. The molecule has 0 fully saturated rings. The van der Waals surface area contributed by atoms with Crippen LogP contribution in [0.2, 0.25) is 0 Å². The topological polar surface area (TPSA) is 109 Å². The lowest BCUT2D eigenvalue weighted by Gasteiger charge is -2.18. The maximum atomic E-state index is 13.3. The summed E-state index contributed by atoms with van der Waals surface area (Å²) in [5.74, 6) is -1.76. The monoisotopic (exact) mass is 414 g/mol. The Morgan fingerprint density at radius 2 is 1.70 bits per heavy atom. The fraction of sp³-hybridized carbons (Fsp3) is 0.235. The summed E-state index contributed by atoms with van der Waals surface area (Å²) in [5, 5.41) is 2.39. The number of hydrogen-bond donors (Lipinski definition) is 2. The van der Waals surface area contributed by atoms with Crippen LogP contribution in [0.15, 0.2) is 59.5 Å². The van der Waals surface area contributed by atoms with Crippen LogP contribution in [0.4, 0.5) is 10.1 Å². The molecule has 146 valence electrons. The van der Waals surface area contributed by atoms with E-state index < -0.39 is 43.4 Å². The Morgan fingerprint density at radius 1 is 1.04 bits per heavy atom. The molecule has 0 bridgehead atoms. The molecule has 0 heterocycles. The number of benzene rings is 2. The van der Waals surface area contributed by atoms with Gasteiger partial charge in [0.05, 0.1) is 10.6 Å². The van der Waals surface area contributed by atoms with Crippen molar-refractivity contribution >= 4 is 31.5 Å². The van der Waals surface area contributed by atoms with Crippen molar-refractivity contribution in [3.05, 3.63) is 60.4 Å². The van der Waals surface area contributed by atoms with E-state index in [1.807, 2.05) is 0 Å². The van der Waals surface area contributed by atoms with Gasteiger partial charge >= 0.3 is 0 Å². The van der Waals surface area contributed by atoms with Gasteiger partial charge in [0.15, 0.2) is 0 Å². The van der Waals surface area contributed by atoms with E-state index in [2.05, 4.69) is 10.0 Å². The second-order valence-corrected chi connectivity index (χ2v) is 9.88. The van der Waals surface area contributed by atoms with Gasteiger partial charge in [0, 0.05) is 11.9 Å². The zero-order valence-corrected chi connectivity index (χ0v) is 16.1. The highest BCUT2D eigenvalue weighted by Crippen LogP contribution is 2.13. The molecule has 2 rings (SSSR count). The van der Waals surface area contributed by atoms with Gasteiger partial charge in [-0.15, -0.1) is 0 Å². The quantitative estimate of drug-likeness (QED) is 0.681. The molecular formula is C17H19FN2O5S2. The van der Waals surface area contributed by atoms with Crippen molar-refractivity contribution in [2.24, 2.45) is 0 Å². The molecule has 7 nitrogen and oxygen atoms in total. The minimum atomic E-state index is -4.05. The maximum absolute atomic E-state index is 13.3. The molecule has 2 N–H and O–H groups in total. The van der Waals surface area contributed by atoms with E-state index in [0.29, 0.717) is 0 Å². The fourth-order valence-electron chi connectivity index (χ4n) is 2.23. The zero-order chi connectivity index (χ0) is 20.1. The average Bonchev–Trinajstić information content (AvgIpc) is 2.58. The van der Waals surface area contributed by atoms with E-state index in [0.717, 1.165) is 12.3 Å². The number of nitrogens with one attached hydrogen (secondary N) is 2. The van der Waals surface area contributed by atoms with Crippen LogP contribution in [0.1, 0.15) is 6.42 Å². The third kappa shape index (κ3) is 6.74. The molecule has 2 aromatic carbocycles. The highest BCUT2D eigenvalue weighted by molar-refractivity contribution is 7.90. The van der Waals surface area contributed by atoms with Gasteiger partial charge in [-0.1, -0.05) is 24.3 Å². The van der Waals surface area contributed by atoms with Crippen LogP contribution < -0.4 is 10.0 Å². The molecule has 0 aromatic heterocycles. The predicted molar refractivity (Wildman–Crippen MR) is 99.9 cm³/mol. The number of sulfonamides is 1. The van der Waals surface area contributed by atoms with Gasteiger partial charge < -0.3 is 5.32 Å². The van der Waals surface area contributed by atoms with Gasteiger partial charge in [0.1, 0.15) is 21.7 Å². The molecule has 0 aliphatic rings. The lowest BCUT2D eigenvalue weighted by Crippen LogP contribution is -2.44. The molecule has 0 saturated carbocycles. The molecule has 0 aliphatic heterocycles. The number of halogens is 1. The lowest BCUT2D eigenvalue weighted by molar-refractivity contribution is -0.117. The first-order chi connectivity index (χ1) is 12.6. The summed E-state index contributed by atoms with van der Waals surface area (Å²) in [7, 11) is -7.48. The number of rotatable bonds is 8. The van der Waals surface area contributed by atoms with Crippen LogP contribution in [0.5, 0.6) is 0 Å². The average molecular weight is 414 g/mol. The molecule has 0 spiro atoms. The third-order valence-electron chi connectivity index (χ3n) is 3.54. The van der Waals surface area contributed by atoms with Crippen LogP contribution in [0, 0.1) is 5.82 Å². The van der Waals surface area contributed by atoms with Crippen molar-refractivity contribution in [1.29, 1.82) is 0 Å². The predicted octanol–water partition coefficient (Wildman–Crippen LogP) is 1.55. The Balaban J connectivity index is 2.23. The summed E-state index contributed by atoms with van der Waals surface area (Å²) in [6.45, 7) is 0. The molecule has 27 heavy (non-hydrogen) atoms. The van der Waals surface area contributed by atoms with Crippen molar-refractivity contribution in [2.45, 2.75) is 17.4 Å². The Kier molecular flexibility index (Phi) is 6.68. The summed E-state index contributed by atoms with van der Waals surface area (Å²) < 4.78 is 63.3. The van der Waals surface area contributed by atoms with E-state index in [4.69, 9.17) is 0 Å². The first kappa shape index (κ1) is 21.0. The second kappa shape index (κ2) is 8.59. The van der Waals surface area contributed by atoms with E-state index in [1.54, 1.807) is 6.07 Å². The normalized spacial score (nSPS) is 13.1. The van der Waals surface area contributed by atoms with Gasteiger partial charge in [0.25, 0.3) is 0 Å². The Morgan fingerprint density at radius 3 is 2.30 bits per heavy atom. The number of sulfone groups is 1.